The summed E-state index contributed by atoms with van der Waals surface area (Å²) in [6.07, 6.45) is 1.77. The minimum Gasteiger partial charge on any atom is -0.388 e. The van der Waals surface area contributed by atoms with Crippen LogP contribution >= 0.6 is 0 Å². The van der Waals surface area contributed by atoms with Gasteiger partial charge in [0.1, 0.15) is 0 Å². The summed E-state index contributed by atoms with van der Waals surface area (Å²) in [5.41, 5.74) is 5.29. The van der Waals surface area contributed by atoms with E-state index in [0.29, 0.717) is 5.84 Å². The van der Waals surface area contributed by atoms with Crippen LogP contribution in [0.15, 0.2) is 0 Å². The van der Waals surface area contributed by atoms with Crippen molar-refractivity contribution in [1.29, 1.82) is 5.41 Å². The second-order valence-corrected chi connectivity index (χ2v) is 3.77. The lowest BCUT2D eigenvalue weighted by atomic mass is 10.2. The van der Waals surface area contributed by atoms with E-state index in [9.17, 15) is 0 Å². The topological polar surface area (TPSA) is 56.4 Å². The summed E-state index contributed by atoms with van der Waals surface area (Å²) >= 11 is 0. The third-order valence-electron chi connectivity index (χ3n) is 2.52. The van der Waals surface area contributed by atoms with Gasteiger partial charge in [-0.25, -0.2) is 0 Å². The third kappa shape index (κ3) is 4.24. The highest BCUT2D eigenvalue weighted by molar-refractivity contribution is 5.76. The van der Waals surface area contributed by atoms with E-state index in [4.69, 9.17) is 11.1 Å². The summed E-state index contributed by atoms with van der Waals surface area (Å²) < 4.78 is 0. The number of nitrogens with two attached hydrogens (primary N) is 1. The number of nitrogens with one attached hydrogen (secondary N) is 1. The number of hydrogen-bond donors (Lipinski definition) is 2. The molecular formula is C9H20N4. The van der Waals surface area contributed by atoms with Crippen LogP contribution in [-0.4, -0.2) is 55.4 Å². The second-order valence-electron chi connectivity index (χ2n) is 3.77. The van der Waals surface area contributed by atoms with Gasteiger partial charge in [-0.2, -0.15) is 0 Å². The van der Waals surface area contributed by atoms with E-state index in [0.717, 1.165) is 32.5 Å². The monoisotopic (exact) mass is 184 g/mol. The highest BCUT2D eigenvalue weighted by Crippen LogP contribution is 2.01. The first-order valence-corrected chi connectivity index (χ1v) is 4.92. The van der Waals surface area contributed by atoms with Crippen LogP contribution in [0.1, 0.15) is 12.8 Å². The number of nitrogens with zero attached hydrogens (tertiary/aromatic N) is 2. The van der Waals surface area contributed by atoms with Gasteiger partial charge in [0, 0.05) is 32.6 Å². The molecule has 76 valence electrons. The molecule has 1 heterocycles. The fourth-order valence-electron chi connectivity index (χ4n) is 1.56. The molecule has 0 bridgehead atoms. The quantitative estimate of drug-likeness (QED) is 0.476. The number of rotatable bonds is 4. The molecular weight excluding hydrogens is 164 g/mol. The lowest BCUT2D eigenvalue weighted by molar-refractivity contribution is 0.153. The van der Waals surface area contributed by atoms with Crippen molar-refractivity contribution in [2.24, 2.45) is 5.73 Å². The first kappa shape index (κ1) is 10.5. The number of hydrogen-bond acceptors (Lipinski definition) is 3. The summed E-state index contributed by atoms with van der Waals surface area (Å²) in [6.45, 7) is 5.75. The molecule has 0 aromatic carbocycles. The molecule has 4 nitrogen and oxygen atoms in total. The number of piperazine rings is 1. The molecule has 0 amide bonds. The van der Waals surface area contributed by atoms with Crippen molar-refractivity contribution < 1.29 is 0 Å². The van der Waals surface area contributed by atoms with Gasteiger partial charge in [-0.15, -0.1) is 0 Å². The van der Waals surface area contributed by atoms with Crippen molar-refractivity contribution in [1.82, 2.24) is 9.80 Å². The minimum absolute atomic E-state index is 0.314. The predicted molar refractivity (Wildman–Crippen MR) is 55.1 cm³/mol. The van der Waals surface area contributed by atoms with Crippen LogP contribution in [0.3, 0.4) is 0 Å². The molecule has 0 atom stereocenters. The first-order valence-electron chi connectivity index (χ1n) is 4.92. The Kier molecular flexibility index (Phi) is 4.18. The molecule has 4 heteroatoms. The zero-order valence-corrected chi connectivity index (χ0v) is 8.42. The highest BCUT2D eigenvalue weighted by Gasteiger charge is 2.12. The van der Waals surface area contributed by atoms with Crippen molar-refractivity contribution in [2.45, 2.75) is 12.8 Å². The molecule has 1 fully saturated rings. The Balaban J connectivity index is 2.05. The van der Waals surface area contributed by atoms with Crippen LogP contribution in [0.2, 0.25) is 0 Å². The van der Waals surface area contributed by atoms with Crippen molar-refractivity contribution >= 4 is 5.84 Å². The van der Waals surface area contributed by atoms with E-state index in [1.165, 1.54) is 13.1 Å². The average molecular weight is 184 g/mol. The number of likely N-dealkylation sites (N-methyl/N-ethyl adjacent to an activating group) is 1. The summed E-state index contributed by atoms with van der Waals surface area (Å²) in [6, 6.07) is 0. The van der Waals surface area contributed by atoms with E-state index in [-0.39, 0.29) is 0 Å². The Bertz CT molecular complexity index is 161. The Labute approximate surface area is 80.2 Å². The lowest BCUT2D eigenvalue weighted by Gasteiger charge is -2.32. The van der Waals surface area contributed by atoms with Gasteiger partial charge in [-0.3, -0.25) is 5.41 Å². The van der Waals surface area contributed by atoms with Crippen LogP contribution in [-0.2, 0) is 0 Å². The van der Waals surface area contributed by atoms with Crippen LogP contribution < -0.4 is 5.73 Å². The average Bonchev–Trinajstić information content (AvgIpc) is 2.08. The highest BCUT2D eigenvalue weighted by atomic mass is 15.2. The maximum absolute atomic E-state index is 7.09. The first-order chi connectivity index (χ1) is 6.18. The summed E-state index contributed by atoms with van der Waals surface area (Å²) in [4.78, 5) is 4.80. The van der Waals surface area contributed by atoms with E-state index in [1.54, 1.807) is 0 Å². The zero-order chi connectivity index (χ0) is 9.68. The van der Waals surface area contributed by atoms with Crippen LogP contribution in [0, 0.1) is 5.41 Å². The third-order valence-corrected chi connectivity index (χ3v) is 2.52. The van der Waals surface area contributed by atoms with Crippen molar-refractivity contribution in [3.8, 4) is 0 Å². The van der Waals surface area contributed by atoms with Gasteiger partial charge in [0.15, 0.2) is 0 Å². The minimum atomic E-state index is 0.314. The van der Waals surface area contributed by atoms with E-state index >= 15 is 0 Å². The molecule has 1 rings (SSSR count). The van der Waals surface area contributed by atoms with Crippen molar-refractivity contribution in [3.63, 3.8) is 0 Å². The molecule has 0 aromatic rings. The lowest BCUT2D eigenvalue weighted by Crippen LogP contribution is -2.44. The van der Waals surface area contributed by atoms with E-state index in [1.807, 2.05) is 0 Å². The van der Waals surface area contributed by atoms with Crippen molar-refractivity contribution in [3.05, 3.63) is 0 Å². The van der Waals surface area contributed by atoms with Crippen LogP contribution in [0.5, 0.6) is 0 Å². The van der Waals surface area contributed by atoms with Gasteiger partial charge in [0.05, 0.1) is 5.84 Å². The second kappa shape index (κ2) is 5.19. The Hall–Kier alpha value is -0.610. The van der Waals surface area contributed by atoms with Crippen LogP contribution in [0.25, 0.3) is 0 Å². The fraction of sp³-hybridized carbons (Fsp3) is 0.889. The Morgan fingerprint density at radius 2 is 1.92 bits per heavy atom. The summed E-state index contributed by atoms with van der Waals surface area (Å²) in [7, 11) is 2.16. The maximum atomic E-state index is 7.09. The fourth-order valence-corrected chi connectivity index (χ4v) is 1.56. The van der Waals surface area contributed by atoms with Gasteiger partial charge in [0.2, 0.25) is 0 Å². The molecule has 1 saturated heterocycles. The molecule has 0 unspecified atom stereocenters. The van der Waals surface area contributed by atoms with Gasteiger partial charge in [0.25, 0.3) is 0 Å². The SMILES string of the molecule is CN1CCN(CCCC(=N)N)CC1. The molecule has 13 heavy (non-hydrogen) atoms. The normalized spacial score (nSPS) is 20.4. The molecule has 3 N–H and O–H groups in total. The zero-order valence-electron chi connectivity index (χ0n) is 8.42. The van der Waals surface area contributed by atoms with Gasteiger partial charge >= 0.3 is 0 Å². The molecule has 0 spiro atoms. The molecule has 0 saturated carbocycles. The van der Waals surface area contributed by atoms with E-state index in [2.05, 4.69) is 16.8 Å². The molecule has 0 aliphatic carbocycles. The van der Waals surface area contributed by atoms with Crippen molar-refractivity contribution in [2.75, 3.05) is 39.8 Å². The standard InChI is InChI=1S/C9H20N4/c1-12-5-7-13(8-6-12)4-2-3-9(10)11/h2-8H2,1H3,(H3,10,11). The predicted octanol–water partition coefficient (Wildman–Crippen LogP) is -0.0500. The molecule has 0 radical (unpaired) electrons. The Morgan fingerprint density at radius 1 is 1.31 bits per heavy atom. The molecule has 0 aromatic heterocycles. The van der Waals surface area contributed by atoms with Gasteiger partial charge < -0.3 is 15.5 Å². The summed E-state index contributed by atoms with van der Waals surface area (Å²) in [5, 5.41) is 7.09. The van der Waals surface area contributed by atoms with Crippen LogP contribution in [0.4, 0.5) is 0 Å². The molecule has 1 aliphatic rings. The summed E-state index contributed by atoms with van der Waals surface area (Å²) in [5.74, 6) is 0.314. The van der Waals surface area contributed by atoms with Gasteiger partial charge in [-0.05, 0) is 20.0 Å². The molecule has 1 aliphatic heterocycles. The smallest absolute Gasteiger partial charge is 0.0905 e. The largest absolute Gasteiger partial charge is 0.388 e. The maximum Gasteiger partial charge on any atom is 0.0905 e. The Morgan fingerprint density at radius 3 is 2.46 bits per heavy atom. The van der Waals surface area contributed by atoms with E-state index < -0.39 is 0 Å². The van der Waals surface area contributed by atoms with Gasteiger partial charge in [-0.1, -0.05) is 0 Å². The number of amidine groups is 1.